The molecule has 0 saturated carbocycles. The second-order valence-corrected chi connectivity index (χ2v) is 6.61. The lowest BCUT2D eigenvalue weighted by atomic mass is 10.0. The summed E-state index contributed by atoms with van der Waals surface area (Å²) in [6.45, 7) is 5.10. The first-order valence-electron chi connectivity index (χ1n) is 7.95. The number of benzene rings is 1. The highest BCUT2D eigenvalue weighted by molar-refractivity contribution is 9.10. The number of piperidine rings is 1. The topological polar surface area (TPSA) is 32.3 Å². The van der Waals surface area contributed by atoms with Crippen LogP contribution in [0.2, 0.25) is 0 Å². The summed E-state index contributed by atoms with van der Waals surface area (Å²) in [6, 6.07) is 8.67. The van der Waals surface area contributed by atoms with Crippen molar-refractivity contribution in [3.63, 3.8) is 0 Å². The predicted molar refractivity (Wildman–Crippen MR) is 90.4 cm³/mol. The van der Waals surface area contributed by atoms with Crippen molar-refractivity contribution in [3.8, 4) is 0 Å². The van der Waals surface area contributed by atoms with Gasteiger partial charge in [0, 0.05) is 23.5 Å². The minimum absolute atomic E-state index is 0.309. The van der Waals surface area contributed by atoms with Gasteiger partial charge in [-0.1, -0.05) is 35.0 Å². The third-order valence-electron chi connectivity index (χ3n) is 4.05. The first-order valence-corrected chi connectivity index (χ1v) is 8.74. The highest BCUT2D eigenvalue weighted by Gasteiger charge is 2.24. The van der Waals surface area contributed by atoms with E-state index in [-0.39, 0.29) is 0 Å². The smallest absolute Gasteiger partial charge is 0.223 e. The van der Waals surface area contributed by atoms with E-state index in [0.717, 1.165) is 49.8 Å². The number of rotatable bonds is 6. The summed E-state index contributed by atoms with van der Waals surface area (Å²) in [5, 5.41) is 3.37. The van der Waals surface area contributed by atoms with Crippen molar-refractivity contribution < 1.29 is 4.79 Å². The van der Waals surface area contributed by atoms with Crippen LogP contribution >= 0.6 is 15.9 Å². The van der Waals surface area contributed by atoms with Crippen LogP contribution < -0.4 is 5.32 Å². The molecule has 116 valence electrons. The van der Waals surface area contributed by atoms with Gasteiger partial charge in [0.2, 0.25) is 5.91 Å². The Bertz CT molecular complexity index is 458. The molecule has 1 heterocycles. The number of hydrogen-bond acceptors (Lipinski definition) is 2. The van der Waals surface area contributed by atoms with Crippen molar-refractivity contribution in [1.82, 2.24) is 10.2 Å². The Morgan fingerprint density at radius 1 is 1.38 bits per heavy atom. The van der Waals surface area contributed by atoms with Crippen LogP contribution in [-0.2, 0) is 11.2 Å². The maximum Gasteiger partial charge on any atom is 0.223 e. The van der Waals surface area contributed by atoms with Gasteiger partial charge in [0.1, 0.15) is 0 Å². The maximum atomic E-state index is 12.6. The molecule has 1 fully saturated rings. The van der Waals surface area contributed by atoms with E-state index in [1.807, 2.05) is 12.1 Å². The molecule has 3 nitrogen and oxygen atoms in total. The van der Waals surface area contributed by atoms with Gasteiger partial charge in [-0.3, -0.25) is 4.79 Å². The fraction of sp³-hybridized carbons (Fsp3) is 0.588. The SMILES string of the molecule is CCCN(C(=O)CCc1cccc(Br)c1)C1CCNCC1. The molecule has 0 radical (unpaired) electrons. The third kappa shape index (κ3) is 5.11. The lowest BCUT2D eigenvalue weighted by molar-refractivity contribution is -0.134. The molecule has 0 bridgehead atoms. The van der Waals surface area contributed by atoms with E-state index in [9.17, 15) is 4.79 Å². The lowest BCUT2D eigenvalue weighted by Gasteiger charge is -2.34. The molecule has 4 heteroatoms. The Labute approximate surface area is 136 Å². The lowest BCUT2D eigenvalue weighted by Crippen LogP contribution is -2.46. The van der Waals surface area contributed by atoms with Crippen molar-refractivity contribution in [2.24, 2.45) is 0 Å². The monoisotopic (exact) mass is 352 g/mol. The molecule has 1 amide bonds. The van der Waals surface area contributed by atoms with Crippen molar-refractivity contribution in [2.45, 2.75) is 45.1 Å². The Morgan fingerprint density at radius 2 is 2.14 bits per heavy atom. The molecule has 0 aliphatic carbocycles. The van der Waals surface area contributed by atoms with Crippen molar-refractivity contribution >= 4 is 21.8 Å². The quantitative estimate of drug-likeness (QED) is 0.851. The van der Waals surface area contributed by atoms with Crippen molar-refractivity contribution in [3.05, 3.63) is 34.3 Å². The molecule has 2 rings (SSSR count). The number of carbonyl (C=O) groups is 1. The van der Waals surface area contributed by atoms with Gasteiger partial charge in [-0.25, -0.2) is 0 Å². The van der Waals surface area contributed by atoms with Gasteiger partial charge in [-0.15, -0.1) is 0 Å². The molecular weight excluding hydrogens is 328 g/mol. The van der Waals surface area contributed by atoms with E-state index in [4.69, 9.17) is 0 Å². The zero-order valence-electron chi connectivity index (χ0n) is 12.8. The van der Waals surface area contributed by atoms with Gasteiger partial charge < -0.3 is 10.2 Å². The van der Waals surface area contributed by atoms with E-state index in [1.54, 1.807) is 0 Å². The molecule has 1 aromatic carbocycles. The fourth-order valence-corrected chi connectivity index (χ4v) is 3.40. The normalized spacial score (nSPS) is 15.9. The van der Waals surface area contributed by atoms with Gasteiger partial charge in [0.15, 0.2) is 0 Å². The number of carbonyl (C=O) groups excluding carboxylic acids is 1. The van der Waals surface area contributed by atoms with Crippen molar-refractivity contribution in [1.29, 1.82) is 0 Å². The van der Waals surface area contributed by atoms with Crippen LogP contribution in [0.4, 0.5) is 0 Å². The first kappa shape index (κ1) is 16.5. The van der Waals surface area contributed by atoms with Crippen LogP contribution in [0, 0.1) is 0 Å². The predicted octanol–water partition coefficient (Wildman–Crippen LogP) is 3.37. The summed E-state index contributed by atoms with van der Waals surface area (Å²) in [5.74, 6) is 0.309. The molecule has 1 aliphatic rings. The number of aryl methyl sites for hydroxylation is 1. The van der Waals surface area contributed by atoms with Gasteiger partial charge in [-0.05, 0) is 56.5 Å². The minimum Gasteiger partial charge on any atom is -0.340 e. The zero-order chi connectivity index (χ0) is 15.1. The van der Waals surface area contributed by atoms with Crippen molar-refractivity contribution in [2.75, 3.05) is 19.6 Å². The Morgan fingerprint density at radius 3 is 2.81 bits per heavy atom. The summed E-state index contributed by atoms with van der Waals surface area (Å²) in [5.41, 5.74) is 1.22. The molecule has 0 aromatic heterocycles. The number of amides is 1. The number of nitrogens with one attached hydrogen (secondary N) is 1. The van der Waals surface area contributed by atoms with Gasteiger partial charge in [0.05, 0.1) is 0 Å². The molecule has 0 unspecified atom stereocenters. The Hall–Kier alpha value is -0.870. The molecule has 21 heavy (non-hydrogen) atoms. The van der Waals surface area contributed by atoms with Crippen LogP contribution in [0.25, 0.3) is 0 Å². The molecular formula is C17H25BrN2O. The average Bonchev–Trinajstić information content (AvgIpc) is 2.51. The first-order chi connectivity index (χ1) is 10.2. The average molecular weight is 353 g/mol. The van der Waals surface area contributed by atoms with Crippen LogP contribution in [0.1, 0.15) is 38.2 Å². The number of halogens is 1. The molecule has 0 spiro atoms. The Kier molecular flexibility index (Phi) is 6.71. The van der Waals surface area contributed by atoms with E-state index in [0.29, 0.717) is 18.4 Å². The second kappa shape index (κ2) is 8.54. The van der Waals surface area contributed by atoms with Crippen LogP contribution in [-0.4, -0.2) is 36.5 Å². The molecule has 1 aliphatic heterocycles. The molecule has 1 saturated heterocycles. The highest BCUT2D eigenvalue weighted by Crippen LogP contribution is 2.17. The van der Waals surface area contributed by atoms with Crippen LogP contribution in [0.5, 0.6) is 0 Å². The van der Waals surface area contributed by atoms with Gasteiger partial charge >= 0.3 is 0 Å². The largest absolute Gasteiger partial charge is 0.340 e. The number of hydrogen-bond donors (Lipinski definition) is 1. The summed E-state index contributed by atoms with van der Waals surface area (Å²) < 4.78 is 1.08. The standard InChI is InChI=1S/C17H25BrN2O/c1-2-12-20(16-8-10-19-11-9-16)17(21)7-6-14-4-3-5-15(18)13-14/h3-5,13,16,19H,2,6-12H2,1H3. The molecule has 0 atom stereocenters. The summed E-state index contributed by atoms with van der Waals surface area (Å²) in [6.07, 6.45) is 4.64. The Balaban J connectivity index is 1.91. The van der Waals surface area contributed by atoms with Gasteiger partial charge in [-0.2, -0.15) is 0 Å². The molecule has 1 N–H and O–H groups in total. The van der Waals surface area contributed by atoms with Crippen LogP contribution in [0.15, 0.2) is 28.7 Å². The maximum absolute atomic E-state index is 12.6. The van der Waals surface area contributed by atoms with Crippen LogP contribution in [0.3, 0.4) is 0 Å². The molecule has 1 aromatic rings. The summed E-state index contributed by atoms with van der Waals surface area (Å²) in [4.78, 5) is 14.7. The van der Waals surface area contributed by atoms with E-state index >= 15 is 0 Å². The highest BCUT2D eigenvalue weighted by atomic mass is 79.9. The third-order valence-corrected chi connectivity index (χ3v) is 4.54. The van der Waals surface area contributed by atoms with Gasteiger partial charge in [0.25, 0.3) is 0 Å². The minimum atomic E-state index is 0.309. The fourth-order valence-electron chi connectivity index (χ4n) is 2.96. The van der Waals surface area contributed by atoms with E-state index < -0.39 is 0 Å². The number of nitrogens with zero attached hydrogens (tertiary/aromatic N) is 1. The summed E-state index contributed by atoms with van der Waals surface area (Å²) in [7, 11) is 0. The zero-order valence-corrected chi connectivity index (χ0v) is 14.4. The summed E-state index contributed by atoms with van der Waals surface area (Å²) >= 11 is 3.48. The van der Waals surface area contributed by atoms with E-state index in [2.05, 4.69) is 45.2 Å². The second-order valence-electron chi connectivity index (χ2n) is 5.70. The van der Waals surface area contributed by atoms with E-state index in [1.165, 1.54) is 5.56 Å².